The standard InChI is InChI=1S/C15H17ClN2/c1-18(10-11-6-7-11)15-8-12(9-16)13-4-2-3-5-14(13)17-15/h2-5,8,11H,6-7,9-10H2,1H3. The van der Waals surface area contributed by atoms with E-state index >= 15 is 0 Å². The third-order valence-corrected chi connectivity index (χ3v) is 3.84. The molecule has 2 nitrogen and oxygen atoms in total. The first-order valence-corrected chi connectivity index (χ1v) is 6.97. The average Bonchev–Trinajstić information content (AvgIpc) is 3.21. The minimum absolute atomic E-state index is 0.535. The van der Waals surface area contributed by atoms with Crippen LogP contribution < -0.4 is 4.90 Å². The SMILES string of the molecule is CN(CC1CC1)c1cc(CCl)c2ccccc2n1. The van der Waals surface area contributed by atoms with Gasteiger partial charge in [0.1, 0.15) is 5.82 Å². The number of nitrogens with zero attached hydrogens (tertiary/aromatic N) is 2. The van der Waals surface area contributed by atoms with E-state index in [1.165, 1.54) is 18.4 Å². The van der Waals surface area contributed by atoms with Crippen LogP contribution in [0, 0.1) is 5.92 Å². The topological polar surface area (TPSA) is 16.1 Å². The van der Waals surface area contributed by atoms with Gasteiger partial charge in [-0.15, -0.1) is 11.6 Å². The van der Waals surface area contributed by atoms with E-state index in [2.05, 4.69) is 30.1 Å². The number of anilines is 1. The summed E-state index contributed by atoms with van der Waals surface area (Å²) in [5.41, 5.74) is 2.20. The van der Waals surface area contributed by atoms with Crippen LogP contribution in [-0.4, -0.2) is 18.6 Å². The summed E-state index contributed by atoms with van der Waals surface area (Å²) >= 11 is 6.05. The molecule has 1 saturated carbocycles. The van der Waals surface area contributed by atoms with E-state index in [9.17, 15) is 0 Å². The first kappa shape index (κ1) is 11.8. The molecule has 0 atom stereocenters. The number of halogens is 1. The fourth-order valence-electron chi connectivity index (χ4n) is 2.32. The largest absolute Gasteiger partial charge is 0.359 e. The maximum absolute atomic E-state index is 6.05. The van der Waals surface area contributed by atoms with E-state index in [0.717, 1.165) is 29.2 Å². The third-order valence-electron chi connectivity index (χ3n) is 3.55. The molecular formula is C15H17ClN2. The van der Waals surface area contributed by atoms with Crippen molar-refractivity contribution in [3.05, 3.63) is 35.9 Å². The molecule has 0 unspecified atom stereocenters. The van der Waals surface area contributed by atoms with Crippen LogP contribution in [0.1, 0.15) is 18.4 Å². The first-order valence-electron chi connectivity index (χ1n) is 6.43. The van der Waals surface area contributed by atoms with Gasteiger partial charge in [-0.2, -0.15) is 0 Å². The number of hydrogen-bond acceptors (Lipinski definition) is 2. The predicted molar refractivity (Wildman–Crippen MR) is 77.3 cm³/mol. The second-order valence-corrected chi connectivity index (χ2v) is 5.38. The lowest BCUT2D eigenvalue weighted by molar-refractivity contribution is 0.778. The van der Waals surface area contributed by atoms with Gasteiger partial charge in [-0.05, 0) is 36.5 Å². The average molecular weight is 261 g/mol. The zero-order valence-electron chi connectivity index (χ0n) is 10.6. The first-order chi connectivity index (χ1) is 8.78. The molecule has 3 rings (SSSR count). The fourth-order valence-corrected chi connectivity index (χ4v) is 2.54. The normalized spacial score (nSPS) is 15.0. The van der Waals surface area contributed by atoms with Gasteiger partial charge in [0.2, 0.25) is 0 Å². The van der Waals surface area contributed by atoms with Crippen molar-refractivity contribution in [3.63, 3.8) is 0 Å². The Morgan fingerprint density at radius 3 is 2.83 bits per heavy atom. The van der Waals surface area contributed by atoms with Gasteiger partial charge < -0.3 is 4.90 Å². The minimum Gasteiger partial charge on any atom is -0.359 e. The lowest BCUT2D eigenvalue weighted by Gasteiger charge is -2.19. The summed E-state index contributed by atoms with van der Waals surface area (Å²) in [7, 11) is 2.12. The summed E-state index contributed by atoms with van der Waals surface area (Å²) in [4.78, 5) is 6.98. The highest BCUT2D eigenvalue weighted by atomic mass is 35.5. The van der Waals surface area contributed by atoms with Crippen molar-refractivity contribution in [2.75, 3.05) is 18.5 Å². The monoisotopic (exact) mass is 260 g/mol. The molecule has 2 aromatic rings. The predicted octanol–water partition coefficient (Wildman–Crippen LogP) is 3.82. The Hall–Kier alpha value is -1.28. The molecular weight excluding hydrogens is 244 g/mol. The molecule has 0 saturated heterocycles. The number of benzene rings is 1. The van der Waals surface area contributed by atoms with Gasteiger partial charge in [0.25, 0.3) is 0 Å². The quantitative estimate of drug-likeness (QED) is 0.777. The number of pyridine rings is 1. The van der Waals surface area contributed by atoms with Crippen molar-refractivity contribution in [2.24, 2.45) is 5.92 Å². The molecule has 1 aliphatic rings. The van der Waals surface area contributed by atoms with Gasteiger partial charge in [0.05, 0.1) is 5.52 Å². The number of aromatic nitrogens is 1. The molecule has 94 valence electrons. The molecule has 0 bridgehead atoms. The Balaban J connectivity index is 2.01. The van der Waals surface area contributed by atoms with Gasteiger partial charge >= 0.3 is 0 Å². The zero-order chi connectivity index (χ0) is 12.5. The molecule has 3 heteroatoms. The smallest absolute Gasteiger partial charge is 0.129 e. The molecule has 1 aliphatic carbocycles. The van der Waals surface area contributed by atoms with Crippen LogP contribution in [0.3, 0.4) is 0 Å². The van der Waals surface area contributed by atoms with Gasteiger partial charge in [-0.25, -0.2) is 4.98 Å². The van der Waals surface area contributed by atoms with Gasteiger partial charge in [-0.1, -0.05) is 18.2 Å². The van der Waals surface area contributed by atoms with Gasteiger partial charge in [-0.3, -0.25) is 0 Å². The van der Waals surface area contributed by atoms with Crippen molar-refractivity contribution in [1.82, 2.24) is 4.98 Å². The highest BCUT2D eigenvalue weighted by Gasteiger charge is 2.23. The highest BCUT2D eigenvalue weighted by Crippen LogP contribution is 2.31. The maximum atomic E-state index is 6.05. The van der Waals surface area contributed by atoms with Crippen molar-refractivity contribution >= 4 is 28.3 Å². The lowest BCUT2D eigenvalue weighted by Crippen LogP contribution is -2.21. The minimum atomic E-state index is 0.535. The van der Waals surface area contributed by atoms with E-state index in [4.69, 9.17) is 16.6 Å². The maximum Gasteiger partial charge on any atom is 0.129 e. The van der Waals surface area contributed by atoms with Crippen LogP contribution in [0.2, 0.25) is 0 Å². The van der Waals surface area contributed by atoms with E-state index < -0.39 is 0 Å². The third kappa shape index (κ3) is 2.30. The summed E-state index contributed by atoms with van der Waals surface area (Å²) < 4.78 is 0. The number of alkyl halides is 1. The van der Waals surface area contributed by atoms with Crippen LogP contribution in [0.25, 0.3) is 10.9 Å². The second kappa shape index (κ2) is 4.77. The molecule has 1 aromatic carbocycles. The van der Waals surface area contributed by atoms with E-state index in [0.29, 0.717) is 5.88 Å². The summed E-state index contributed by atoms with van der Waals surface area (Å²) in [5, 5.41) is 1.16. The molecule has 0 radical (unpaired) electrons. The molecule has 0 spiro atoms. The van der Waals surface area contributed by atoms with Crippen molar-refractivity contribution in [2.45, 2.75) is 18.7 Å². The molecule has 1 fully saturated rings. The Morgan fingerprint density at radius 2 is 2.11 bits per heavy atom. The molecule has 1 heterocycles. The Bertz CT molecular complexity index is 563. The highest BCUT2D eigenvalue weighted by molar-refractivity contribution is 6.18. The number of hydrogen-bond donors (Lipinski definition) is 0. The molecule has 0 amide bonds. The lowest BCUT2D eigenvalue weighted by atomic mass is 10.1. The summed E-state index contributed by atoms with van der Waals surface area (Å²) in [6, 6.07) is 10.3. The molecule has 18 heavy (non-hydrogen) atoms. The van der Waals surface area contributed by atoms with E-state index in [1.54, 1.807) is 0 Å². The number of rotatable bonds is 4. The van der Waals surface area contributed by atoms with E-state index in [-0.39, 0.29) is 0 Å². The summed E-state index contributed by atoms with van der Waals surface area (Å²) in [5.74, 6) is 2.44. The Kier molecular flexibility index (Phi) is 3.13. The van der Waals surface area contributed by atoms with Crippen LogP contribution in [0.5, 0.6) is 0 Å². The summed E-state index contributed by atoms with van der Waals surface area (Å²) in [6.07, 6.45) is 2.72. The molecule has 0 aliphatic heterocycles. The Morgan fingerprint density at radius 1 is 1.33 bits per heavy atom. The van der Waals surface area contributed by atoms with Gasteiger partial charge in [0.15, 0.2) is 0 Å². The number of para-hydroxylation sites is 1. The van der Waals surface area contributed by atoms with Crippen molar-refractivity contribution < 1.29 is 0 Å². The van der Waals surface area contributed by atoms with Crippen LogP contribution in [0.15, 0.2) is 30.3 Å². The molecule has 1 aromatic heterocycles. The van der Waals surface area contributed by atoms with Crippen molar-refractivity contribution in [1.29, 1.82) is 0 Å². The van der Waals surface area contributed by atoms with E-state index in [1.807, 2.05) is 12.1 Å². The van der Waals surface area contributed by atoms with Gasteiger partial charge in [0, 0.05) is 24.9 Å². The Labute approximate surface area is 113 Å². The zero-order valence-corrected chi connectivity index (χ0v) is 11.3. The van der Waals surface area contributed by atoms with Crippen molar-refractivity contribution in [3.8, 4) is 0 Å². The number of fused-ring (bicyclic) bond motifs is 1. The van der Waals surface area contributed by atoms with Crippen LogP contribution in [0.4, 0.5) is 5.82 Å². The van der Waals surface area contributed by atoms with Crippen LogP contribution in [-0.2, 0) is 5.88 Å². The summed E-state index contributed by atoms with van der Waals surface area (Å²) in [6.45, 7) is 1.10. The fraction of sp³-hybridized carbons (Fsp3) is 0.400. The van der Waals surface area contributed by atoms with Crippen LogP contribution >= 0.6 is 11.6 Å². The molecule has 0 N–H and O–H groups in total. The second-order valence-electron chi connectivity index (χ2n) is 5.11.